The molecule has 0 radical (unpaired) electrons. The molecule has 1 aromatic carbocycles. The van der Waals surface area contributed by atoms with Gasteiger partial charge < -0.3 is 4.57 Å². The fourth-order valence-corrected chi connectivity index (χ4v) is 2.97. The summed E-state index contributed by atoms with van der Waals surface area (Å²) in [5, 5.41) is 4.55. The summed E-state index contributed by atoms with van der Waals surface area (Å²) in [6.45, 7) is 7.84. The van der Waals surface area contributed by atoms with E-state index in [0.29, 0.717) is 0 Å². The molecule has 0 saturated carbocycles. The van der Waals surface area contributed by atoms with E-state index in [1.54, 1.807) is 0 Å². The predicted molar refractivity (Wildman–Crippen MR) is 83.9 cm³/mol. The Kier molecular flexibility index (Phi) is 3.38. The maximum absolute atomic E-state index is 4.62. The minimum atomic E-state index is 0.779. The Morgan fingerprint density at radius 1 is 1.20 bits per heavy atom. The SMILES string of the molecule is CCn1nc(C)c(Br)c1Cn1c(C)nc2ccccc21. The number of nitrogens with zero attached hydrogens (tertiary/aromatic N) is 4. The molecule has 0 aliphatic rings. The molecule has 2 aromatic heterocycles. The molecule has 0 unspecified atom stereocenters. The lowest BCUT2D eigenvalue weighted by molar-refractivity contribution is 0.596. The molecule has 0 saturated heterocycles. The molecule has 0 atom stereocenters. The van der Waals surface area contributed by atoms with Gasteiger partial charge in [-0.1, -0.05) is 12.1 Å². The second-order valence-electron chi connectivity index (χ2n) is 4.90. The number of aryl methyl sites for hydroxylation is 3. The number of para-hydroxylation sites is 2. The summed E-state index contributed by atoms with van der Waals surface area (Å²) in [7, 11) is 0. The first kappa shape index (κ1) is 13.4. The average Bonchev–Trinajstić information content (AvgIpc) is 2.90. The minimum absolute atomic E-state index is 0.779. The Labute approximate surface area is 126 Å². The highest BCUT2D eigenvalue weighted by Gasteiger charge is 2.15. The van der Waals surface area contributed by atoms with Crippen molar-refractivity contribution < 1.29 is 0 Å². The monoisotopic (exact) mass is 332 g/mol. The zero-order valence-electron chi connectivity index (χ0n) is 11.9. The van der Waals surface area contributed by atoms with Crippen molar-refractivity contribution in [2.75, 3.05) is 0 Å². The van der Waals surface area contributed by atoms with Crippen LogP contribution < -0.4 is 0 Å². The van der Waals surface area contributed by atoms with Gasteiger partial charge in [-0.25, -0.2) is 4.98 Å². The van der Waals surface area contributed by atoms with Crippen LogP contribution in [0, 0.1) is 13.8 Å². The van der Waals surface area contributed by atoms with Crippen LogP contribution in [0.3, 0.4) is 0 Å². The molecular weight excluding hydrogens is 316 g/mol. The summed E-state index contributed by atoms with van der Waals surface area (Å²) in [5.41, 5.74) is 4.43. The Morgan fingerprint density at radius 2 is 1.95 bits per heavy atom. The van der Waals surface area contributed by atoms with Gasteiger partial charge in [0.15, 0.2) is 0 Å². The van der Waals surface area contributed by atoms with Crippen molar-refractivity contribution in [2.24, 2.45) is 0 Å². The molecule has 5 heteroatoms. The average molecular weight is 333 g/mol. The molecule has 0 aliphatic heterocycles. The van der Waals surface area contributed by atoms with E-state index in [1.807, 2.05) is 24.6 Å². The summed E-state index contributed by atoms with van der Waals surface area (Å²) in [6, 6.07) is 8.24. The molecule has 0 fully saturated rings. The smallest absolute Gasteiger partial charge is 0.107 e. The van der Waals surface area contributed by atoms with Crippen LogP contribution in [0.5, 0.6) is 0 Å². The first-order chi connectivity index (χ1) is 9.61. The number of hydrogen-bond acceptors (Lipinski definition) is 2. The van der Waals surface area contributed by atoms with E-state index in [1.165, 1.54) is 11.2 Å². The van der Waals surface area contributed by atoms with E-state index in [-0.39, 0.29) is 0 Å². The molecule has 3 aromatic rings. The van der Waals surface area contributed by atoms with E-state index in [0.717, 1.165) is 34.6 Å². The first-order valence-electron chi connectivity index (χ1n) is 6.75. The van der Waals surface area contributed by atoms with E-state index >= 15 is 0 Å². The van der Waals surface area contributed by atoms with Crippen LogP contribution in [0.15, 0.2) is 28.7 Å². The third kappa shape index (κ3) is 2.06. The third-order valence-corrected chi connectivity index (χ3v) is 4.64. The molecule has 3 rings (SSSR count). The lowest BCUT2D eigenvalue weighted by Gasteiger charge is -2.09. The fourth-order valence-electron chi connectivity index (χ4n) is 2.57. The lowest BCUT2D eigenvalue weighted by atomic mass is 10.3. The van der Waals surface area contributed by atoms with Crippen LogP contribution in [0.25, 0.3) is 11.0 Å². The van der Waals surface area contributed by atoms with E-state index in [9.17, 15) is 0 Å². The van der Waals surface area contributed by atoms with Crippen molar-refractivity contribution in [3.05, 3.63) is 46.0 Å². The molecule has 0 bridgehead atoms. The maximum Gasteiger partial charge on any atom is 0.107 e. The van der Waals surface area contributed by atoms with Gasteiger partial charge in [-0.15, -0.1) is 0 Å². The highest BCUT2D eigenvalue weighted by molar-refractivity contribution is 9.10. The standard InChI is InChI=1S/C15H17BrN4/c1-4-20-14(15(16)10(2)18-20)9-19-11(3)17-12-7-5-6-8-13(12)19/h5-8H,4,9H2,1-3H3. The maximum atomic E-state index is 4.62. The zero-order chi connectivity index (χ0) is 14.3. The number of imidazole rings is 1. The summed E-state index contributed by atoms with van der Waals surface area (Å²) < 4.78 is 5.38. The normalized spacial score (nSPS) is 11.4. The van der Waals surface area contributed by atoms with Crippen molar-refractivity contribution in [1.82, 2.24) is 19.3 Å². The predicted octanol–water partition coefficient (Wildman–Crippen LogP) is 3.68. The van der Waals surface area contributed by atoms with Crippen molar-refractivity contribution in [3.8, 4) is 0 Å². The van der Waals surface area contributed by atoms with Crippen LogP contribution in [0.2, 0.25) is 0 Å². The molecular formula is C15H17BrN4. The first-order valence-corrected chi connectivity index (χ1v) is 7.54. The summed E-state index contributed by atoms with van der Waals surface area (Å²) in [6.07, 6.45) is 0. The number of benzene rings is 1. The van der Waals surface area contributed by atoms with Crippen molar-refractivity contribution >= 4 is 27.0 Å². The Hall–Kier alpha value is -1.62. The Balaban J connectivity index is 2.12. The van der Waals surface area contributed by atoms with Gasteiger partial charge in [-0.05, 0) is 48.8 Å². The number of fused-ring (bicyclic) bond motifs is 1. The number of hydrogen-bond donors (Lipinski definition) is 0. The topological polar surface area (TPSA) is 35.6 Å². The largest absolute Gasteiger partial charge is 0.322 e. The Morgan fingerprint density at radius 3 is 2.70 bits per heavy atom. The van der Waals surface area contributed by atoms with Crippen LogP contribution in [0.1, 0.15) is 24.1 Å². The molecule has 20 heavy (non-hydrogen) atoms. The molecule has 0 amide bonds. The van der Waals surface area contributed by atoms with E-state index in [2.05, 4.69) is 55.7 Å². The van der Waals surface area contributed by atoms with Crippen LogP contribution in [0.4, 0.5) is 0 Å². The molecule has 0 aliphatic carbocycles. The van der Waals surface area contributed by atoms with E-state index < -0.39 is 0 Å². The van der Waals surface area contributed by atoms with Gasteiger partial charge in [0.05, 0.1) is 33.4 Å². The van der Waals surface area contributed by atoms with Crippen LogP contribution in [-0.2, 0) is 13.1 Å². The van der Waals surface area contributed by atoms with Crippen molar-refractivity contribution in [3.63, 3.8) is 0 Å². The van der Waals surface area contributed by atoms with Crippen LogP contribution in [-0.4, -0.2) is 19.3 Å². The molecule has 2 heterocycles. The van der Waals surface area contributed by atoms with Crippen LogP contribution >= 0.6 is 15.9 Å². The molecule has 4 nitrogen and oxygen atoms in total. The van der Waals surface area contributed by atoms with Gasteiger partial charge in [0.1, 0.15) is 5.82 Å². The highest BCUT2D eigenvalue weighted by Crippen LogP contribution is 2.24. The number of aromatic nitrogens is 4. The minimum Gasteiger partial charge on any atom is -0.322 e. The van der Waals surface area contributed by atoms with Gasteiger partial charge in [0.2, 0.25) is 0 Å². The van der Waals surface area contributed by atoms with Gasteiger partial charge in [-0.3, -0.25) is 4.68 Å². The van der Waals surface area contributed by atoms with Gasteiger partial charge in [0, 0.05) is 6.54 Å². The van der Waals surface area contributed by atoms with Gasteiger partial charge >= 0.3 is 0 Å². The van der Waals surface area contributed by atoms with Gasteiger partial charge in [0.25, 0.3) is 0 Å². The zero-order valence-corrected chi connectivity index (χ0v) is 13.5. The molecule has 0 spiro atoms. The molecule has 0 N–H and O–H groups in total. The fraction of sp³-hybridized carbons (Fsp3) is 0.333. The highest BCUT2D eigenvalue weighted by atomic mass is 79.9. The summed E-state index contributed by atoms with van der Waals surface area (Å²) >= 11 is 3.66. The second kappa shape index (κ2) is 5.05. The van der Waals surface area contributed by atoms with Crippen molar-refractivity contribution in [2.45, 2.75) is 33.9 Å². The summed E-state index contributed by atoms with van der Waals surface area (Å²) in [4.78, 5) is 4.62. The number of rotatable bonds is 3. The quantitative estimate of drug-likeness (QED) is 0.733. The summed E-state index contributed by atoms with van der Waals surface area (Å²) in [5.74, 6) is 1.03. The lowest BCUT2D eigenvalue weighted by Crippen LogP contribution is -2.09. The molecule has 104 valence electrons. The van der Waals surface area contributed by atoms with E-state index in [4.69, 9.17) is 0 Å². The third-order valence-electron chi connectivity index (χ3n) is 3.61. The van der Waals surface area contributed by atoms with Gasteiger partial charge in [-0.2, -0.15) is 5.10 Å². The second-order valence-corrected chi connectivity index (χ2v) is 5.69. The Bertz CT molecular complexity index is 770. The number of halogens is 1. The van der Waals surface area contributed by atoms with Crippen molar-refractivity contribution in [1.29, 1.82) is 0 Å².